The zero-order valence-corrected chi connectivity index (χ0v) is 14.4. The van der Waals surface area contributed by atoms with E-state index >= 15 is 0 Å². The van der Waals surface area contributed by atoms with Crippen LogP contribution in [0.25, 0.3) is 0 Å². The molecular formula is C19H24O5. The summed E-state index contributed by atoms with van der Waals surface area (Å²) in [4.78, 5) is 24.2. The summed E-state index contributed by atoms with van der Waals surface area (Å²) in [5, 5.41) is 0. The lowest BCUT2D eigenvalue weighted by Gasteiger charge is -2.37. The van der Waals surface area contributed by atoms with E-state index in [1.165, 1.54) is 11.1 Å². The van der Waals surface area contributed by atoms with Gasteiger partial charge in [-0.1, -0.05) is 26.0 Å². The molecule has 24 heavy (non-hydrogen) atoms. The van der Waals surface area contributed by atoms with E-state index in [1.807, 2.05) is 13.8 Å². The first-order valence-electron chi connectivity index (χ1n) is 8.89. The van der Waals surface area contributed by atoms with Crippen LogP contribution in [0.15, 0.2) is 23.3 Å². The third kappa shape index (κ3) is 2.03. The van der Waals surface area contributed by atoms with E-state index in [0.717, 1.165) is 19.3 Å². The minimum atomic E-state index is -0.291. The zero-order chi connectivity index (χ0) is 17.2. The van der Waals surface area contributed by atoms with Crippen LogP contribution < -0.4 is 0 Å². The van der Waals surface area contributed by atoms with Crippen LogP contribution in [0.5, 0.6) is 0 Å². The number of esters is 2. The van der Waals surface area contributed by atoms with Gasteiger partial charge in [-0.25, -0.2) is 4.79 Å². The molecule has 5 aliphatic rings. The smallest absolute Gasteiger partial charge is 0.334 e. The molecule has 5 rings (SSSR count). The molecule has 0 amide bonds. The molecule has 0 aromatic heterocycles. The van der Waals surface area contributed by atoms with Crippen molar-refractivity contribution in [3.63, 3.8) is 0 Å². The van der Waals surface area contributed by atoms with Gasteiger partial charge in [-0.15, -0.1) is 0 Å². The minimum absolute atomic E-state index is 0.000401. The normalized spacial score (nSPS) is 41.1. The second-order valence-corrected chi connectivity index (χ2v) is 7.53. The van der Waals surface area contributed by atoms with E-state index in [1.54, 1.807) is 0 Å². The number of hydrogen-bond donors (Lipinski definition) is 0. The molecule has 1 unspecified atom stereocenters. The predicted molar refractivity (Wildman–Crippen MR) is 85.9 cm³/mol. The molecule has 3 heterocycles. The van der Waals surface area contributed by atoms with Crippen molar-refractivity contribution < 1.29 is 23.8 Å². The quantitative estimate of drug-likeness (QED) is 0.451. The van der Waals surface area contributed by atoms with Crippen LogP contribution >= 0.6 is 0 Å². The van der Waals surface area contributed by atoms with E-state index in [0.29, 0.717) is 5.57 Å². The van der Waals surface area contributed by atoms with Gasteiger partial charge in [0.2, 0.25) is 0 Å². The highest BCUT2D eigenvalue weighted by Crippen LogP contribution is 2.56. The fraction of sp³-hybridized carbons (Fsp3) is 0.684. The van der Waals surface area contributed by atoms with E-state index in [2.05, 4.69) is 13.5 Å². The molecular weight excluding hydrogens is 308 g/mol. The van der Waals surface area contributed by atoms with E-state index in [-0.39, 0.29) is 54.1 Å². The Labute approximate surface area is 142 Å². The van der Waals surface area contributed by atoms with Crippen LogP contribution in [0.3, 0.4) is 0 Å². The maximum absolute atomic E-state index is 12.2. The molecule has 2 aliphatic carbocycles. The monoisotopic (exact) mass is 332 g/mol. The Balaban J connectivity index is 1.61. The fourth-order valence-electron chi connectivity index (χ4n) is 4.56. The topological polar surface area (TPSA) is 61.8 Å². The average Bonchev–Trinajstić information content (AvgIpc) is 3.15. The number of carbonyl (C=O) groups excluding carboxylic acids is 2. The highest BCUT2D eigenvalue weighted by molar-refractivity contribution is 5.91. The number of hydrogen-bond acceptors (Lipinski definition) is 5. The molecule has 0 N–H and O–H groups in total. The van der Waals surface area contributed by atoms with Crippen molar-refractivity contribution in [2.45, 2.75) is 64.4 Å². The summed E-state index contributed by atoms with van der Waals surface area (Å²) in [7, 11) is 0. The summed E-state index contributed by atoms with van der Waals surface area (Å²) in [5.41, 5.74) is 3.05. The molecule has 130 valence electrons. The molecule has 0 aromatic rings. The van der Waals surface area contributed by atoms with Gasteiger partial charge in [0.15, 0.2) is 6.10 Å². The molecule has 3 saturated heterocycles. The highest BCUT2D eigenvalue weighted by Gasteiger charge is 2.66. The van der Waals surface area contributed by atoms with Crippen LogP contribution in [0, 0.1) is 17.8 Å². The first-order valence-corrected chi connectivity index (χ1v) is 8.89. The fourth-order valence-corrected chi connectivity index (χ4v) is 4.56. The van der Waals surface area contributed by atoms with Crippen LogP contribution in [0.4, 0.5) is 0 Å². The largest absolute Gasteiger partial charge is 0.458 e. The summed E-state index contributed by atoms with van der Waals surface area (Å²) in [6, 6.07) is 0. The van der Waals surface area contributed by atoms with Crippen molar-refractivity contribution in [1.29, 1.82) is 0 Å². The van der Waals surface area contributed by atoms with Crippen LogP contribution in [-0.4, -0.2) is 36.4 Å². The van der Waals surface area contributed by atoms with E-state index in [9.17, 15) is 9.59 Å². The van der Waals surface area contributed by atoms with Crippen LogP contribution in [0.1, 0.15) is 40.0 Å². The number of fused-ring (bicyclic) bond motifs is 1. The van der Waals surface area contributed by atoms with Crippen molar-refractivity contribution in [2.24, 2.45) is 17.8 Å². The van der Waals surface area contributed by atoms with Crippen LogP contribution in [0.2, 0.25) is 0 Å². The number of ether oxygens (including phenoxy) is 3. The summed E-state index contributed by atoms with van der Waals surface area (Å²) in [5.74, 6) is -0.521. The van der Waals surface area contributed by atoms with Gasteiger partial charge in [0.05, 0.1) is 11.8 Å². The van der Waals surface area contributed by atoms with Gasteiger partial charge in [0, 0.05) is 11.5 Å². The SMILES string of the molecule is C=C1C(=O)O[C@H]2[C@@H]3C(=C(C)CC[C@@H]12)[C@@H]1O[C@H]3[C@H]1OC(=O)C(C)CC. The van der Waals surface area contributed by atoms with Gasteiger partial charge < -0.3 is 14.2 Å². The molecule has 5 heteroatoms. The maximum Gasteiger partial charge on any atom is 0.334 e. The van der Waals surface area contributed by atoms with Gasteiger partial charge in [0.25, 0.3) is 0 Å². The highest BCUT2D eigenvalue weighted by atomic mass is 16.6. The molecule has 0 spiro atoms. The molecule has 0 radical (unpaired) electrons. The maximum atomic E-state index is 12.2. The van der Waals surface area contributed by atoms with Gasteiger partial charge in [0.1, 0.15) is 18.3 Å². The van der Waals surface area contributed by atoms with Crippen molar-refractivity contribution in [3.05, 3.63) is 23.3 Å². The summed E-state index contributed by atoms with van der Waals surface area (Å²) >= 11 is 0. The third-order valence-electron chi connectivity index (χ3n) is 6.24. The van der Waals surface area contributed by atoms with Crippen molar-refractivity contribution in [1.82, 2.24) is 0 Å². The third-order valence-corrected chi connectivity index (χ3v) is 6.24. The average molecular weight is 332 g/mol. The lowest BCUT2D eigenvalue weighted by Crippen LogP contribution is -2.52. The second-order valence-electron chi connectivity index (χ2n) is 7.53. The summed E-state index contributed by atoms with van der Waals surface area (Å²) < 4.78 is 17.4. The molecule has 4 fully saturated rings. The minimum Gasteiger partial charge on any atom is -0.458 e. The Morgan fingerprint density at radius 2 is 2.17 bits per heavy atom. The Bertz CT molecular complexity index is 648. The lowest BCUT2D eigenvalue weighted by molar-refractivity contribution is -0.215. The molecule has 3 aliphatic heterocycles. The van der Waals surface area contributed by atoms with Crippen molar-refractivity contribution in [3.8, 4) is 0 Å². The van der Waals surface area contributed by atoms with E-state index < -0.39 is 0 Å². The first-order chi connectivity index (χ1) is 11.4. The predicted octanol–water partition coefficient (Wildman–Crippen LogP) is 2.55. The molecule has 2 bridgehead atoms. The number of carbonyl (C=O) groups is 2. The standard InChI is InChI=1S/C19H24O5/c1-5-8(2)18(20)24-17-15-12-9(3)6-7-11-10(4)19(21)23-14(11)13(12)16(17)22-15/h8,11,13-17H,4-7H2,1-3H3/t8?,11-,13-,14+,15-,16+,17-/m0/s1. The molecule has 0 aromatic carbocycles. The summed E-state index contributed by atoms with van der Waals surface area (Å²) in [6.07, 6.45) is 1.72. The van der Waals surface area contributed by atoms with Gasteiger partial charge in [-0.2, -0.15) is 0 Å². The zero-order valence-electron chi connectivity index (χ0n) is 14.4. The first kappa shape index (κ1) is 15.9. The molecule has 1 saturated carbocycles. The van der Waals surface area contributed by atoms with Gasteiger partial charge in [-0.3, -0.25) is 4.79 Å². The Morgan fingerprint density at radius 1 is 1.42 bits per heavy atom. The van der Waals surface area contributed by atoms with Gasteiger partial charge >= 0.3 is 11.9 Å². The number of rotatable bonds is 3. The summed E-state index contributed by atoms with van der Waals surface area (Å²) in [6.45, 7) is 9.89. The molecule has 5 nitrogen and oxygen atoms in total. The second kappa shape index (κ2) is 5.45. The van der Waals surface area contributed by atoms with Crippen molar-refractivity contribution in [2.75, 3.05) is 0 Å². The lowest BCUT2D eigenvalue weighted by atomic mass is 9.85. The van der Waals surface area contributed by atoms with Gasteiger partial charge in [-0.05, 0) is 31.8 Å². The molecule has 7 atom stereocenters. The Hall–Kier alpha value is -1.62. The number of allylic oxidation sites excluding steroid dienone is 1. The van der Waals surface area contributed by atoms with Crippen LogP contribution in [-0.2, 0) is 23.8 Å². The van der Waals surface area contributed by atoms with Crippen molar-refractivity contribution >= 4 is 11.9 Å². The van der Waals surface area contributed by atoms with E-state index in [4.69, 9.17) is 14.2 Å². The Morgan fingerprint density at radius 3 is 2.88 bits per heavy atom. The Kier molecular flexibility index (Phi) is 3.60.